The molecule has 0 aliphatic carbocycles. The Morgan fingerprint density at radius 3 is 1.26 bits per heavy atom. The molecular formula is C74H79Br2ClF8N14O12S4. The molecule has 6 aliphatic heterocycles. The van der Waals surface area contributed by atoms with Gasteiger partial charge in [0.15, 0.2) is 32.5 Å². The molecular weight excluding hydrogens is 1750 g/mol. The molecule has 0 spiro atoms. The molecule has 115 heavy (non-hydrogen) atoms. The van der Waals surface area contributed by atoms with Gasteiger partial charge in [-0.05, 0) is 82.4 Å². The quantitative estimate of drug-likeness (QED) is 0.0139. The summed E-state index contributed by atoms with van der Waals surface area (Å²) in [6, 6.07) is 9.20. The van der Waals surface area contributed by atoms with E-state index in [4.69, 9.17) is 51.1 Å². The van der Waals surface area contributed by atoms with E-state index in [1.807, 2.05) is 4.90 Å². The van der Waals surface area contributed by atoms with Crippen molar-refractivity contribution in [3.63, 3.8) is 0 Å². The van der Waals surface area contributed by atoms with E-state index in [1.165, 1.54) is 122 Å². The summed E-state index contributed by atoms with van der Waals surface area (Å²) in [5.74, 6) is -13.9. The fourth-order valence-corrected chi connectivity index (χ4v) is 17.8. The number of carboxylic acids is 3. The van der Waals surface area contributed by atoms with Crippen LogP contribution in [0, 0.1) is 35.2 Å². The summed E-state index contributed by atoms with van der Waals surface area (Å²) in [5.41, 5.74) is 2.98. The van der Waals surface area contributed by atoms with Crippen LogP contribution in [0.2, 0.25) is 5.02 Å². The maximum absolute atomic E-state index is 15.0. The second-order valence-electron chi connectivity index (χ2n) is 27.2. The number of alkyl halides is 5. The summed E-state index contributed by atoms with van der Waals surface area (Å²) in [5, 5.41) is 43.3. The number of aliphatic carboxylic acids is 3. The Balaban J connectivity index is 0.000000182. The highest BCUT2D eigenvalue weighted by atomic mass is 79.9. The zero-order valence-corrected chi connectivity index (χ0v) is 69.3. The third-order valence-corrected chi connectivity index (χ3v) is 23.7. The summed E-state index contributed by atoms with van der Waals surface area (Å²) >= 11 is 18.3. The summed E-state index contributed by atoms with van der Waals surface area (Å²) in [6.07, 6.45) is 3.69. The van der Waals surface area contributed by atoms with Crippen LogP contribution in [0.4, 0.5) is 35.1 Å². The Morgan fingerprint density at radius 1 is 0.557 bits per heavy atom. The standard InChI is InChI=1S/C25H27BrF3N5O4S.C25H27ClF3N5O4S.C24H25BrF2N4O4S2/c2*1-3-38-24(37)20-18(11-34-10-14(25(28,29)13-34)9-33(2)12-19(35)36)31-22(23-30-6-7-39-23)32-21(20)16-5-4-15(27)8-17(16)26;1-2-35-24(34)20-18(10-31-8-13(17(27)9-31)11-36-12-19(32)33)29-22(23-28-5-6-37-23)30-21(20)15-4-3-14(26)7-16(15)25/h2*4-8,14,21H,3,9-13H2,1-2H3,(H,31,32)(H,35,36);3-7,13,17,21H,2,8-12H2,1H3,(H,29,30)(H,32,33)/t2*14?,21-;13?,17?,21-/m000/s1. The summed E-state index contributed by atoms with van der Waals surface area (Å²) in [6.45, 7) is 3.75. The maximum Gasteiger partial charge on any atom is 0.338 e. The zero-order chi connectivity index (χ0) is 83.2. The smallest absolute Gasteiger partial charge is 0.338 e. The number of aromatic nitrogens is 3. The van der Waals surface area contributed by atoms with Crippen LogP contribution in [0.1, 0.15) is 70.6 Å². The molecule has 12 rings (SSSR count). The minimum atomic E-state index is -3.09. The van der Waals surface area contributed by atoms with Gasteiger partial charge in [0.1, 0.15) is 41.7 Å². The normalized spacial score (nSPS) is 21.4. The molecule has 0 saturated carbocycles. The van der Waals surface area contributed by atoms with Gasteiger partial charge in [0.2, 0.25) is 0 Å². The van der Waals surface area contributed by atoms with Gasteiger partial charge < -0.3 is 45.5 Å². The van der Waals surface area contributed by atoms with E-state index in [0.717, 1.165) is 6.07 Å². The molecule has 6 N–H and O–H groups in total. The number of carbonyl (C=O) groups is 6. The van der Waals surface area contributed by atoms with Crippen LogP contribution in [0.3, 0.4) is 0 Å². The van der Waals surface area contributed by atoms with Gasteiger partial charge in [0.05, 0.1) is 68.5 Å². The fourth-order valence-electron chi connectivity index (χ4n) is 13.7. The first kappa shape index (κ1) is 89.2. The van der Waals surface area contributed by atoms with Crippen LogP contribution in [-0.4, -0.2) is 257 Å². The highest BCUT2D eigenvalue weighted by Crippen LogP contribution is 2.43. The van der Waals surface area contributed by atoms with E-state index >= 15 is 8.78 Å². The fraction of sp³-hybridized carbons (Fsp3) is 0.432. The number of amidine groups is 3. The van der Waals surface area contributed by atoms with Gasteiger partial charge in [-0.1, -0.05) is 61.7 Å². The number of rotatable bonds is 30. The number of thioether (sulfide) groups is 1. The van der Waals surface area contributed by atoms with Crippen LogP contribution in [0.25, 0.3) is 0 Å². The second-order valence-corrected chi connectivity index (χ2v) is 33.0. The van der Waals surface area contributed by atoms with Crippen molar-refractivity contribution in [3.8, 4) is 0 Å². The van der Waals surface area contributed by atoms with Crippen molar-refractivity contribution in [1.82, 2.24) is 55.4 Å². The summed E-state index contributed by atoms with van der Waals surface area (Å²) in [4.78, 5) is 107. The molecule has 7 atom stereocenters. The molecule has 4 unspecified atom stereocenters. The largest absolute Gasteiger partial charge is 0.481 e. The molecule has 3 saturated heterocycles. The van der Waals surface area contributed by atoms with Crippen LogP contribution < -0.4 is 16.0 Å². The Labute approximate surface area is 693 Å². The molecule has 618 valence electrons. The van der Waals surface area contributed by atoms with Crippen molar-refractivity contribution in [2.75, 3.05) is 131 Å². The number of esters is 3. The van der Waals surface area contributed by atoms with E-state index in [2.05, 4.69) is 67.8 Å². The van der Waals surface area contributed by atoms with Crippen LogP contribution in [0.5, 0.6) is 0 Å². The minimum Gasteiger partial charge on any atom is -0.481 e. The second kappa shape index (κ2) is 40.3. The first-order chi connectivity index (χ1) is 54.7. The average molecular weight is 1830 g/mol. The number of nitrogens with one attached hydrogen (secondary N) is 3. The Hall–Kier alpha value is -8.16. The number of thiazole rings is 3. The molecule has 3 fully saturated rings. The van der Waals surface area contributed by atoms with Gasteiger partial charge >= 0.3 is 35.8 Å². The lowest BCUT2D eigenvalue weighted by molar-refractivity contribution is -0.139. The topological polar surface area (TPSA) is 319 Å². The van der Waals surface area contributed by atoms with Crippen molar-refractivity contribution in [1.29, 1.82) is 0 Å². The SMILES string of the molecule is CCOC(=O)C1=C(CN2CC(CN(C)CC(=O)O)C(F)(F)C2)NC(c2nccs2)=N[C@H]1c1ccc(F)cc1Br.CCOC(=O)C1=C(CN2CC(CN(C)CC(=O)O)C(F)(F)C2)NC(c2nccs2)=N[C@H]1c1ccc(F)cc1Cl.CCOC(=O)C1=C(CN2CC(F)C(CSCC(=O)O)C2)NC(c2nccs2)=N[C@H]1c1ccc(F)cc1Br. The van der Waals surface area contributed by atoms with Crippen LogP contribution in [-0.2, 0) is 43.0 Å². The highest BCUT2D eigenvalue weighted by molar-refractivity contribution is 9.10. The van der Waals surface area contributed by atoms with Crippen LogP contribution in [0.15, 0.2) is 147 Å². The van der Waals surface area contributed by atoms with Gasteiger partial charge in [-0.3, -0.25) is 53.9 Å². The van der Waals surface area contributed by atoms with Gasteiger partial charge in [-0.2, -0.15) is 0 Å². The van der Waals surface area contributed by atoms with Crippen molar-refractivity contribution in [2.24, 2.45) is 32.7 Å². The Bertz CT molecular complexity index is 4510. The van der Waals surface area contributed by atoms with Gasteiger partial charge in [0, 0.05) is 154 Å². The van der Waals surface area contributed by atoms with E-state index in [0.29, 0.717) is 81.9 Å². The molecule has 41 heteroatoms. The predicted molar refractivity (Wildman–Crippen MR) is 424 cm³/mol. The highest BCUT2D eigenvalue weighted by Gasteiger charge is 2.51. The molecule has 0 radical (unpaired) electrons. The molecule has 3 aromatic heterocycles. The predicted octanol–water partition coefficient (Wildman–Crippen LogP) is 11.0. The average Bonchev–Trinajstić information content (AvgIpc) is 1.53. The molecule has 6 aromatic rings. The number of likely N-dealkylation sites (N-methyl/N-ethyl adjacent to an activating group) is 2. The first-order valence-corrected chi connectivity index (χ1v) is 41.4. The molecule has 0 bridgehead atoms. The van der Waals surface area contributed by atoms with Crippen molar-refractivity contribution >= 4 is 143 Å². The van der Waals surface area contributed by atoms with Gasteiger partial charge in [0.25, 0.3) is 11.8 Å². The number of ether oxygens (including phenoxy) is 3. The Kier molecular flexibility index (Phi) is 31.3. The van der Waals surface area contributed by atoms with Crippen LogP contribution >= 0.6 is 89.2 Å². The lowest BCUT2D eigenvalue weighted by atomic mass is 9.95. The number of halogens is 11. The van der Waals surface area contributed by atoms with Gasteiger partial charge in [-0.15, -0.1) is 45.8 Å². The van der Waals surface area contributed by atoms with Gasteiger partial charge in [-0.25, -0.2) is 64.5 Å². The third kappa shape index (κ3) is 23.4. The maximum atomic E-state index is 15.0. The van der Waals surface area contributed by atoms with Crippen molar-refractivity contribution < 1.29 is 93.4 Å². The molecule has 0 amide bonds. The van der Waals surface area contributed by atoms with E-state index in [1.54, 1.807) is 61.6 Å². The number of carboxylic acid groups (broad SMARTS) is 3. The lowest BCUT2D eigenvalue weighted by Crippen LogP contribution is -2.39. The molecule has 3 aromatic carbocycles. The van der Waals surface area contributed by atoms with E-state index in [-0.39, 0.29) is 124 Å². The number of hydrogen-bond acceptors (Lipinski definition) is 27. The van der Waals surface area contributed by atoms with E-state index < -0.39 is 114 Å². The molecule has 9 heterocycles. The monoisotopic (exact) mass is 1830 g/mol. The number of likely N-dealkylation sites (tertiary alicyclic amines) is 3. The zero-order valence-electron chi connectivity index (χ0n) is 62.2. The number of nitrogens with zero attached hydrogens (tertiary/aromatic N) is 11. The van der Waals surface area contributed by atoms with Crippen molar-refractivity contribution in [3.05, 3.63) is 186 Å². The minimum absolute atomic E-state index is 0.0210. The van der Waals surface area contributed by atoms with E-state index in [9.17, 15) is 55.1 Å². The number of carbonyl (C=O) groups excluding carboxylic acids is 3. The summed E-state index contributed by atoms with van der Waals surface area (Å²) in [7, 11) is 2.96. The number of hydrogen-bond donors (Lipinski definition) is 6. The number of aliphatic imine (C=N–C) groups is 3. The van der Waals surface area contributed by atoms with Crippen molar-refractivity contribution in [2.45, 2.75) is 56.9 Å². The number of benzene rings is 3. The molecule has 26 nitrogen and oxygen atoms in total. The molecule has 6 aliphatic rings. The Morgan fingerprint density at radius 2 is 0.922 bits per heavy atom. The lowest BCUT2D eigenvalue weighted by Gasteiger charge is -2.29. The summed E-state index contributed by atoms with van der Waals surface area (Å²) < 4.78 is 133. The third-order valence-electron chi connectivity index (χ3n) is 18.6. The first-order valence-electron chi connectivity index (χ1n) is 35.7.